The quantitative estimate of drug-likeness (QED) is 0.815. The molecular formula is C10H16F2N4. The van der Waals surface area contributed by atoms with E-state index in [1.807, 2.05) is 13.8 Å². The van der Waals surface area contributed by atoms with Crippen LogP contribution >= 0.6 is 0 Å². The number of alkyl halides is 2. The van der Waals surface area contributed by atoms with Gasteiger partial charge in [0.1, 0.15) is 18.0 Å². The van der Waals surface area contributed by atoms with Crippen LogP contribution in [0.4, 0.5) is 20.4 Å². The summed E-state index contributed by atoms with van der Waals surface area (Å²) in [5.74, 6) is 1.29. The Kier molecular flexibility index (Phi) is 4.39. The van der Waals surface area contributed by atoms with Crippen LogP contribution in [0.2, 0.25) is 0 Å². The summed E-state index contributed by atoms with van der Waals surface area (Å²) in [6.45, 7) is 3.53. The van der Waals surface area contributed by atoms with Crippen molar-refractivity contribution in [3.05, 3.63) is 11.9 Å². The lowest BCUT2D eigenvalue weighted by atomic mass is 10.0. The summed E-state index contributed by atoms with van der Waals surface area (Å²) in [6, 6.07) is 0. The second kappa shape index (κ2) is 5.58. The van der Waals surface area contributed by atoms with Crippen LogP contribution in [0.25, 0.3) is 0 Å². The van der Waals surface area contributed by atoms with Crippen molar-refractivity contribution in [1.29, 1.82) is 0 Å². The van der Waals surface area contributed by atoms with Gasteiger partial charge in [0.2, 0.25) is 0 Å². The minimum absolute atomic E-state index is 0.156. The SMILES string of the molecule is CNc1ncnc(NCC(F)F)c1C(C)C. The van der Waals surface area contributed by atoms with Gasteiger partial charge < -0.3 is 10.6 Å². The van der Waals surface area contributed by atoms with Crippen molar-refractivity contribution in [1.82, 2.24) is 9.97 Å². The first-order chi connectivity index (χ1) is 7.56. The van der Waals surface area contributed by atoms with Crippen LogP contribution in [0.3, 0.4) is 0 Å². The molecule has 0 unspecified atom stereocenters. The normalized spacial score (nSPS) is 10.9. The van der Waals surface area contributed by atoms with E-state index in [1.54, 1.807) is 7.05 Å². The van der Waals surface area contributed by atoms with Crippen LogP contribution in [0.15, 0.2) is 6.33 Å². The molecule has 0 fully saturated rings. The zero-order chi connectivity index (χ0) is 12.1. The lowest BCUT2D eigenvalue weighted by molar-refractivity contribution is 0.163. The van der Waals surface area contributed by atoms with E-state index in [0.717, 1.165) is 5.56 Å². The van der Waals surface area contributed by atoms with Gasteiger partial charge in [-0.3, -0.25) is 0 Å². The third-order valence-electron chi connectivity index (χ3n) is 2.12. The molecule has 1 rings (SSSR count). The Balaban J connectivity index is 2.97. The Morgan fingerprint density at radius 2 is 1.88 bits per heavy atom. The summed E-state index contributed by atoms with van der Waals surface area (Å²) in [4.78, 5) is 8.04. The number of aromatic nitrogens is 2. The van der Waals surface area contributed by atoms with Crippen LogP contribution in [0, 0.1) is 0 Å². The maximum Gasteiger partial charge on any atom is 0.255 e. The van der Waals surface area contributed by atoms with Gasteiger partial charge in [0, 0.05) is 12.6 Å². The highest BCUT2D eigenvalue weighted by Crippen LogP contribution is 2.27. The molecule has 4 nitrogen and oxygen atoms in total. The smallest absolute Gasteiger partial charge is 0.255 e. The molecule has 0 bridgehead atoms. The van der Waals surface area contributed by atoms with Crippen molar-refractivity contribution < 1.29 is 8.78 Å². The van der Waals surface area contributed by atoms with Crippen LogP contribution in [0.5, 0.6) is 0 Å². The van der Waals surface area contributed by atoms with Gasteiger partial charge in [0.05, 0.1) is 6.54 Å². The van der Waals surface area contributed by atoms with Crippen molar-refractivity contribution in [2.75, 3.05) is 24.2 Å². The summed E-state index contributed by atoms with van der Waals surface area (Å²) in [5, 5.41) is 5.55. The van der Waals surface area contributed by atoms with E-state index in [0.29, 0.717) is 11.6 Å². The van der Waals surface area contributed by atoms with Gasteiger partial charge in [-0.25, -0.2) is 18.7 Å². The average molecular weight is 230 g/mol. The van der Waals surface area contributed by atoms with Crippen LogP contribution < -0.4 is 10.6 Å². The Bertz CT molecular complexity index is 342. The maximum absolute atomic E-state index is 12.1. The Labute approximate surface area is 93.5 Å². The van der Waals surface area contributed by atoms with Gasteiger partial charge >= 0.3 is 0 Å². The molecule has 0 aliphatic carbocycles. The largest absolute Gasteiger partial charge is 0.373 e. The molecule has 0 aliphatic rings. The monoisotopic (exact) mass is 230 g/mol. The van der Waals surface area contributed by atoms with Crippen molar-refractivity contribution in [2.24, 2.45) is 0 Å². The van der Waals surface area contributed by atoms with Gasteiger partial charge in [-0.05, 0) is 5.92 Å². The van der Waals surface area contributed by atoms with Crippen LogP contribution in [-0.4, -0.2) is 30.0 Å². The van der Waals surface area contributed by atoms with E-state index in [1.165, 1.54) is 6.33 Å². The Hall–Kier alpha value is -1.46. The molecule has 0 aromatic carbocycles. The van der Waals surface area contributed by atoms with Crippen molar-refractivity contribution in [3.8, 4) is 0 Å². The summed E-state index contributed by atoms with van der Waals surface area (Å²) < 4.78 is 24.2. The highest BCUT2D eigenvalue weighted by atomic mass is 19.3. The molecule has 0 atom stereocenters. The topological polar surface area (TPSA) is 49.8 Å². The lowest BCUT2D eigenvalue weighted by Gasteiger charge is -2.16. The third-order valence-corrected chi connectivity index (χ3v) is 2.12. The molecule has 6 heteroatoms. The van der Waals surface area contributed by atoms with Crippen molar-refractivity contribution in [3.63, 3.8) is 0 Å². The van der Waals surface area contributed by atoms with Gasteiger partial charge in [-0.1, -0.05) is 13.8 Å². The van der Waals surface area contributed by atoms with Gasteiger partial charge in [0.15, 0.2) is 0 Å². The van der Waals surface area contributed by atoms with Crippen LogP contribution in [-0.2, 0) is 0 Å². The van der Waals surface area contributed by atoms with Crippen molar-refractivity contribution in [2.45, 2.75) is 26.2 Å². The number of hydrogen-bond acceptors (Lipinski definition) is 4. The molecule has 0 spiro atoms. The second-order valence-corrected chi connectivity index (χ2v) is 3.66. The summed E-state index contributed by atoms with van der Waals surface area (Å²) in [7, 11) is 1.74. The van der Waals surface area contributed by atoms with Crippen molar-refractivity contribution >= 4 is 11.6 Å². The fraction of sp³-hybridized carbons (Fsp3) is 0.600. The zero-order valence-corrected chi connectivity index (χ0v) is 9.59. The highest BCUT2D eigenvalue weighted by Gasteiger charge is 2.14. The molecule has 1 heterocycles. The number of halogens is 2. The minimum Gasteiger partial charge on any atom is -0.373 e. The van der Waals surface area contributed by atoms with E-state index in [4.69, 9.17) is 0 Å². The first-order valence-electron chi connectivity index (χ1n) is 5.11. The van der Waals surface area contributed by atoms with E-state index in [2.05, 4.69) is 20.6 Å². The predicted octanol–water partition coefficient (Wildman–Crippen LogP) is 2.32. The molecule has 0 radical (unpaired) electrons. The summed E-state index contributed by atoms with van der Waals surface area (Å²) in [6.07, 6.45) is -1.04. The number of anilines is 2. The molecule has 0 amide bonds. The zero-order valence-electron chi connectivity index (χ0n) is 9.59. The predicted molar refractivity (Wildman–Crippen MR) is 60.2 cm³/mol. The molecule has 1 aromatic heterocycles. The fourth-order valence-electron chi connectivity index (χ4n) is 1.46. The number of nitrogens with one attached hydrogen (secondary N) is 2. The maximum atomic E-state index is 12.1. The molecule has 0 aliphatic heterocycles. The average Bonchev–Trinajstić information content (AvgIpc) is 2.25. The van der Waals surface area contributed by atoms with E-state index >= 15 is 0 Å². The van der Waals surface area contributed by atoms with Gasteiger partial charge in [-0.2, -0.15) is 0 Å². The fourth-order valence-corrected chi connectivity index (χ4v) is 1.46. The standard InChI is InChI=1S/C10H16F2N4/c1-6(2)8-9(13-3)15-5-16-10(8)14-4-7(11)12/h5-7H,4H2,1-3H3,(H2,13,14,15,16). The molecule has 2 N–H and O–H groups in total. The summed E-state index contributed by atoms with van der Waals surface area (Å²) in [5.41, 5.74) is 0.825. The van der Waals surface area contributed by atoms with E-state index < -0.39 is 13.0 Å². The number of rotatable bonds is 5. The number of hydrogen-bond donors (Lipinski definition) is 2. The van der Waals surface area contributed by atoms with E-state index in [9.17, 15) is 8.78 Å². The first kappa shape index (κ1) is 12.6. The Morgan fingerprint density at radius 3 is 2.38 bits per heavy atom. The molecule has 16 heavy (non-hydrogen) atoms. The van der Waals surface area contributed by atoms with Crippen LogP contribution in [0.1, 0.15) is 25.3 Å². The van der Waals surface area contributed by atoms with Gasteiger partial charge in [0.25, 0.3) is 6.43 Å². The van der Waals surface area contributed by atoms with Gasteiger partial charge in [-0.15, -0.1) is 0 Å². The molecule has 1 aromatic rings. The highest BCUT2D eigenvalue weighted by molar-refractivity contribution is 5.58. The first-order valence-corrected chi connectivity index (χ1v) is 5.11. The number of nitrogens with zero attached hydrogens (tertiary/aromatic N) is 2. The molecular weight excluding hydrogens is 214 g/mol. The molecule has 0 saturated heterocycles. The third kappa shape index (κ3) is 3.01. The minimum atomic E-state index is -2.40. The molecule has 0 saturated carbocycles. The lowest BCUT2D eigenvalue weighted by Crippen LogP contribution is -2.15. The second-order valence-electron chi connectivity index (χ2n) is 3.66. The van der Waals surface area contributed by atoms with E-state index in [-0.39, 0.29) is 5.92 Å². The summed E-state index contributed by atoms with van der Waals surface area (Å²) >= 11 is 0. The molecule has 90 valence electrons. The Morgan fingerprint density at radius 1 is 1.25 bits per heavy atom.